The number of fused-ring (bicyclic) bond motifs is 2. The molecule has 0 fully saturated rings. The number of carbonyl (C=O) groups is 1. The second kappa shape index (κ2) is 5.81. The molecule has 7 heteroatoms. The molecule has 2 aromatic rings. The van der Waals surface area contributed by atoms with Crippen molar-refractivity contribution in [3.8, 4) is 0 Å². The van der Waals surface area contributed by atoms with Crippen molar-refractivity contribution in [3.05, 3.63) is 34.0 Å². The fourth-order valence-corrected chi connectivity index (χ4v) is 4.10. The largest absolute Gasteiger partial charge is 0.337 e. The van der Waals surface area contributed by atoms with Crippen molar-refractivity contribution in [3.63, 3.8) is 0 Å². The van der Waals surface area contributed by atoms with Gasteiger partial charge in [-0.3, -0.25) is 4.79 Å². The zero-order valence-corrected chi connectivity index (χ0v) is 13.2. The summed E-state index contributed by atoms with van der Waals surface area (Å²) in [6.45, 7) is 2.81. The van der Waals surface area contributed by atoms with Crippen molar-refractivity contribution >= 4 is 17.2 Å². The van der Waals surface area contributed by atoms with Crippen LogP contribution in [0.1, 0.15) is 22.7 Å². The molecule has 1 N–H and O–H groups in total. The molecule has 0 bridgehead atoms. The van der Waals surface area contributed by atoms with E-state index in [4.69, 9.17) is 0 Å². The van der Waals surface area contributed by atoms with Gasteiger partial charge in [-0.1, -0.05) is 0 Å². The predicted molar refractivity (Wildman–Crippen MR) is 83.6 cm³/mol. The second-order valence-electron chi connectivity index (χ2n) is 5.91. The zero-order valence-electron chi connectivity index (χ0n) is 12.4. The quantitative estimate of drug-likeness (QED) is 0.911. The summed E-state index contributed by atoms with van der Waals surface area (Å²) in [5, 5.41) is 9.72. The van der Waals surface area contributed by atoms with Crippen molar-refractivity contribution in [2.45, 2.75) is 38.4 Å². The lowest BCUT2D eigenvalue weighted by Gasteiger charge is -2.29. The summed E-state index contributed by atoms with van der Waals surface area (Å²) in [5.74, 6) is 1.24. The standard InChI is InChI=1S/C15H19N5OS/c21-15(19-5-3-13-11(8-19)4-6-22-13)7-16-12-1-2-14-17-10-18-20(14)9-12/h4,6,10,12,16H,1-3,5,7-9H2. The molecule has 4 rings (SSSR count). The van der Waals surface area contributed by atoms with Crippen LogP contribution >= 0.6 is 11.3 Å². The molecule has 0 saturated carbocycles. The van der Waals surface area contributed by atoms with E-state index in [1.54, 1.807) is 17.7 Å². The van der Waals surface area contributed by atoms with Crippen molar-refractivity contribution < 1.29 is 4.79 Å². The van der Waals surface area contributed by atoms with Crippen LogP contribution in [0.5, 0.6) is 0 Å². The fraction of sp³-hybridized carbons (Fsp3) is 0.533. The monoisotopic (exact) mass is 317 g/mol. The Balaban J connectivity index is 1.30. The summed E-state index contributed by atoms with van der Waals surface area (Å²) in [4.78, 5) is 20.0. The molecule has 4 heterocycles. The van der Waals surface area contributed by atoms with E-state index in [-0.39, 0.29) is 5.91 Å². The molecule has 0 saturated heterocycles. The van der Waals surface area contributed by atoms with Crippen LogP contribution in [0.25, 0.3) is 0 Å². The molecule has 22 heavy (non-hydrogen) atoms. The van der Waals surface area contributed by atoms with Crippen LogP contribution in [0.3, 0.4) is 0 Å². The Morgan fingerprint density at radius 3 is 3.36 bits per heavy atom. The normalized spacial score (nSPS) is 20.5. The van der Waals surface area contributed by atoms with E-state index in [1.807, 2.05) is 9.58 Å². The van der Waals surface area contributed by atoms with Crippen LogP contribution in [0.2, 0.25) is 0 Å². The summed E-state index contributed by atoms with van der Waals surface area (Å²) in [7, 11) is 0. The van der Waals surface area contributed by atoms with Crippen molar-refractivity contribution in [1.29, 1.82) is 0 Å². The van der Waals surface area contributed by atoms with Gasteiger partial charge in [0.2, 0.25) is 5.91 Å². The van der Waals surface area contributed by atoms with Crippen LogP contribution in [0, 0.1) is 0 Å². The van der Waals surface area contributed by atoms with Crippen molar-refractivity contribution in [1.82, 2.24) is 25.0 Å². The Labute approximate surface area is 133 Å². The third kappa shape index (κ3) is 2.66. The first-order valence-corrected chi connectivity index (χ1v) is 8.60. The lowest BCUT2D eigenvalue weighted by Crippen LogP contribution is -2.45. The van der Waals surface area contributed by atoms with Gasteiger partial charge < -0.3 is 10.2 Å². The minimum absolute atomic E-state index is 0.196. The Bertz CT molecular complexity index is 679. The van der Waals surface area contributed by atoms with Gasteiger partial charge in [-0.2, -0.15) is 5.10 Å². The number of aryl methyl sites for hydroxylation is 1. The van der Waals surface area contributed by atoms with E-state index in [1.165, 1.54) is 10.4 Å². The van der Waals surface area contributed by atoms with Gasteiger partial charge >= 0.3 is 0 Å². The van der Waals surface area contributed by atoms with Crippen LogP contribution in [-0.4, -0.2) is 44.7 Å². The number of nitrogens with zero attached hydrogens (tertiary/aromatic N) is 4. The number of rotatable bonds is 3. The van der Waals surface area contributed by atoms with Gasteiger partial charge in [-0.15, -0.1) is 11.3 Å². The molecule has 2 aromatic heterocycles. The van der Waals surface area contributed by atoms with E-state index >= 15 is 0 Å². The minimum atomic E-state index is 0.196. The summed E-state index contributed by atoms with van der Waals surface area (Å²) in [6, 6.07) is 2.44. The molecule has 116 valence electrons. The Morgan fingerprint density at radius 2 is 2.41 bits per heavy atom. The van der Waals surface area contributed by atoms with Gasteiger partial charge in [-0.05, 0) is 29.9 Å². The first-order valence-electron chi connectivity index (χ1n) is 7.72. The Morgan fingerprint density at radius 1 is 1.45 bits per heavy atom. The smallest absolute Gasteiger partial charge is 0.236 e. The molecular formula is C15H19N5OS. The van der Waals surface area contributed by atoms with E-state index in [9.17, 15) is 4.79 Å². The predicted octanol–water partition coefficient (Wildman–Crippen LogP) is 0.829. The van der Waals surface area contributed by atoms with E-state index in [0.717, 1.165) is 44.7 Å². The van der Waals surface area contributed by atoms with Gasteiger partial charge in [-0.25, -0.2) is 9.67 Å². The maximum absolute atomic E-state index is 12.4. The first-order chi connectivity index (χ1) is 10.8. The summed E-state index contributed by atoms with van der Waals surface area (Å²) in [5.41, 5.74) is 1.31. The lowest BCUT2D eigenvalue weighted by molar-refractivity contribution is -0.131. The number of hydrogen-bond donors (Lipinski definition) is 1. The molecule has 0 aromatic carbocycles. The highest BCUT2D eigenvalue weighted by atomic mass is 32.1. The van der Waals surface area contributed by atoms with Gasteiger partial charge in [0.1, 0.15) is 12.2 Å². The van der Waals surface area contributed by atoms with E-state index in [2.05, 4.69) is 26.8 Å². The summed E-state index contributed by atoms with van der Waals surface area (Å²) in [6.07, 6.45) is 4.54. The lowest BCUT2D eigenvalue weighted by atomic mass is 10.1. The van der Waals surface area contributed by atoms with Gasteiger partial charge in [0.05, 0.1) is 13.1 Å². The Kier molecular flexibility index (Phi) is 3.67. The van der Waals surface area contributed by atoms with Crippen LogP contribution in [-0.2, 0) is 30.7 Å². The van der Waals surface area contributed by atoms with Gasteiger partial charge in [0.15, 0.2) is 0 Å². The van der Waals surface area contributed by atoms with Crippen LogP contribution in [0.4, 0.5) is 0 Å². The SMILES string of the molecule is O=C(CNC1CCc2ncnn2C1)N1CCc2sccc2C1. The molecule has 6 nitrogen and oxygen atoms in total. The summed E-state index contributed by atoms with van der Waals surface area (Å²) < 4.78 is 1.93. The van der Waals surface area contributed by atoms with Gasteiger partial charge in [0.25, 0.3) is 0 Å². The molecular weight excluding hydrogens is 298 g/mol. The van der Waals surface area contributed by atoms with E-state index in [0.29, 0.717) is 12.6 Å². The average molecular weight is 317 g/mol. The molecule has 1 unspecified atom stereocenters. The number of thiophene rings is 1. The third-order valence-corrected chi connectivity index (χ3v) is 5.53. The number of amides is 1. The first kappa shape index (κ1) is 13.9. The van der Waals surface area contributed by atoms with Crippen LogP contribution < -0.4 is 5.32 Å². The molecule has 2 aliphatic heterocycles. The van der Waals surface area contributed by atoms with Gasteiger partial charge in [0, 0.05) is 30.4 Å². The topological polar surface area (TPSA) is 63.1 Å². The average Bonchev–Trinajstić information content (AvgIpc) is 3.19. The third-order valence-electron chi connectivity index (χ3n) is 4.51. The number of aromatic nitrogens is 3. The second-order valence-corrected chi connectivity index (χ2v) is 6.91. The highest BCUT2D eigenvalue weighted by Crippen LogP contribution is 2.23. The van der Waals surface area contributed by atoms with Crippen molar-refractivity contribution in [2.75, 3.05) is 13.1 Å². The molecule has 0 radical (unpaired) electrons. The number of hydrogen-bond acceptors (Lipinski definition) is 5. The molecule has 0 spiro atoms. The maximum atomic E-state index is 12.4. The fourth-order valence-electron chi connectivity index (χ4n) is 3.21. The summed E-state index contributed by atoms with van der Waals surface area (Å²) >= 11 is 1.80. The molecule has 1 atom stereocenters. The molecule has 0 aliphatic carbocycles. The Hall–Kier alpha value is -1.73. The van der Waals surface area contributed by atoms with Crippen LogP contribution in [0.15, 0.2) is 17.8 Å². The highest BCUT2D eigenvalue weighted by molar-refractivity contribution is 7.10. The van der Waals surface area contributed by atoms with Crippen molar-refractivity contribution in [2.24, 2.45) is 0 Å². The number of carbonyl (C=O) groups excluding carboxylic acids is 1. The minimum Gasteiger partial charge on any atom is -0.337 e. The molecule has 1 amide bonds. The molecule has 2 aliphatic rings. The highest BCUT2D eigenvalue weighted by Gasteiger charge is 2.24. The maximum Gasteiger partial charge on any atom is 0.236 e. The van der Waals surface area contributed by atoms with E-state index < -0.39 is 0 Å². The number of nitrogens with one attached hydrogen (secondary N) is 1. The zero-order chi connectivity index (χ0) is 14.9.